The summed E-state index contributed by atoms with van der Waals surface area (Å²) in [6, 6.07) is 6.27. The number of rotatable bonds is 4. The Morgan fingerprint density at radius 2 is 2.11 bits per heavy atom. The lowest BCUT2D eigenvalue weighted by Crippen LogP contribution is -2.48. The summed E-state index contributed by atoms with van der Waals surface area (Å²) in [6.45, 7) is 0.671. The average Bonchev–Trinajstić information content (AvgIpc) is 2.95. The maximum absolute atomic E-state index is 13.3. The molecule has 3 rings (SSSR count). The molecule has 0 spiro atoms. The highest BCUT2D eigenvalue weighted by molar-refractivity contribution is 5.27. The molecule has 4 heteroatoms. The minimum absolute atomic E-state index is 0.00303. The Morgan fingerprint density at radius 1 is 1.37 bits per heavy atom. The lowest BCUT2D eigenvalue weighted by Gasteiger charge is -2.32. The van der Waals surface area contributed by atoms with Gasteiger partial charge in [0.1, 0.15) is 5.82 Å². The average molecular weight is 265 g/mol. The van der Waals surface area contributed by atoms with Crippen molar-refractivity contribution in [3.05, 3.63) is 35.6 Å². The Labute approximate surface area is 112 Å². The van der Waals surface area contributed by atoms with E-state index in [9.17, 15) is 9.50 Å². The summed E-state index contributed by atoms with van der Waals surface area (Å²) in [4.78, 5) is 0. The van der Waals surface area contributed by atoms with Crippen LogP contribution in [-0.4, -0.2) is 29.9 Å². The van der Waals surface area contributed by atoms with Crippen LogP contribution in [0.4, 0.5) is 4.39 Å². The predicted molar refractivity (Wildman–Crippen MR) is 70.3 cm³/mol. The SMILES string of the molecule is COCC12CCC([C@H](O)c3cccc(F)c3)(CC1)N2. The summed E-state index contributed by atoms with van der Waals surface area (Å²) in [7, 11) is 1.71. The van der Waals surface area contributed by atoms with Gasteiger partial charge in [0.15, 0.2) is 0 Å². The third kappa shape index (κ3) is 2.08. The Hall–Kier alpha value is -0.970. The Bertz CT molecular complexity index is 469. The maximum Gasteiger partial charge on any atom is 0.123 e. The lowest BCUT2D eigenvalue weighted by atomic mass is 9.78. The van der Waals surface area contributed by atoms with Crippen LogP contribution in [0.15, 0.2) is 24.3 Å². The molecule has 1 aromatic carbocycles. The zero-order valence-corrected chi connectivity index (χ0v) is 11.2. The van der Waals surface area contributed by atoms with Gasteiger partial charge in [0, 0.05) is 18.2 Å². The fourth-order valence-corrected chi connectivity index (χ4v) is 3.75. The molecule has 2 N–H and O–H groups in total. The summed E-state index contributed by atoms with van der Waals surface area (Å²) in [5.41, 5.74) is 0.345. The van der Waals surface area contributed by atoms with Gasteiger partial charge in [-0.05, 0) is 43.4 Å². The number of nitrogens with one attached hydrogen (secondary N) is 1. The molecule has 0 unspecified atom stereocenters. The number of hydrogen-bond acceptors (Lipinski definition) is 3. The number of aliphatic hydroxyl groups excluding tert-OH is 1. The van der Waals surface area contributed by atoms with Gasteiger partial charge < -0.3 is 15.2 Å². The molecule has 2 heterocycles. The van der Waals surface area contributed by atoms with Gasteiger partial charge in [-0.3, -0.25) is 0 Å². The van der Waals surface area contributed by atoms with E-state index in [1.807, 2.05) is 0 Å². The standard InChI is InChI=1S/C15H20FNO2/c1-19-10-14-5-7-15(17-14,8-6-14)13(18)11-3-2-4-12(16)9-11/h2-4,9,13,17-18H,5-8,10H2,1H3/t13-,14?,15?/m1/s1. The molecule has 0 aliphatic carbocycles. The highest BCUT2D eigenvalue weighted by atomic mass is 19.1. The summed E-state index contributed by atoms with van der Waals surface area (Å²) in [6.07, 6.45) is 3.17. The second kappa shape index (κ2) is 4.54. The van der Waals surface area contributed by atoms with Crippen molar-refractivity contribution in [2.24, 2.45) is 0 Å². The van der Waals surface area contributed by atoms with E-state index in [0.717, 1.165) is 25.7 Å². The van der Waals surface area contributed by atoms with Crippen molar-refractivity contribution < 1.29 is 14.2 Å². The van der Waals surface area contributed by atoms with E-state index in [2.05, 4.69) is 5.32 Å². The van der Waals surface area contributed by atoms with Crippen molar-refractivity contribution in [1.29, 1.82) is 0 Å². The van der Waals surface area contributed by atoms with Crippen molar-refractivity contribution in [1.82, 2.24) is 5.32 Å². The summed E-state index contributed by atoms with van der Waals surface area (Å²) < 4.78 is 18.6. The Kier molecular flexibility index (Phi) is 3.12. The summed E-state index contributed by atoms with van der Waals surface area (Å²) >= 11 is 0. The largest absolute Gasteiger partial charge is 0.386 e. The molecule has 2 bridgehead atoms. The Balaban J connectivity index is 1.84. The van der Waals surface area contributed by atoms with Gasteiger partial charge >= 0.3 is 0 Å². The summed E-state index contributed by atoms with van der Waals surface area (Å²) in [5, 5.41) is 14.2. The molecule has 0 amide bonds. The van der Waals surface area contributed by atoms with Crippen molar-refractivity contribution >= 4 is 0 Å². The number of aliphatic hydroxyl groups is 1. The highest BCUT2D eigenvalue weighted by Crippen LogP contribution is 2.50. The zero-order chi connectivity index (χ0) is 13.5. The van der Waals surface area contributed by atoms with Gasteiger partial charge in [-0.25, -0.2) is 4.39 Å². The number of fused-ring (bicyclic) bond motifs is 2. The van der Waals surface area contributed by atoms with E-state index in [-0.39, 0.29) is 16.9 Å². The predicted octanol–water partition coefficient (Wildman–Crippen LogP) is 2.16. The van der Waals surface area contributed by atoms with Crippen molar-refractivity contribution in [3.8, 4) is 0 Å². The van der Waals surface area contributed by atoms with E-state index in [1.54, 1.807) is 19.2 Å². The first-order chi connectivity index (χ1) is 9.09. The van der Waals surface area contributed by atoms with E-state index < -0.39 is 6.10 Å². The number of hydrogen-bond donors (Lipinski definition) is 2. The molecular weight excluding hydrogens is 245 g/mol. The van der Waals surface area contributed by atoms with Gasteiger partial charge in [-0.2, -0.15) is 0 Å². The normalized spacial score (nSPS) is 34.7. The minimum Gasteiger partial charge on any atom is -0.386 e. The molecular formula is C15H20FNO2. The van der Waals surface area contributed by atoms with Crippen LogP contribution in [0, 0.1) is 5.82 Å². The minimum atomic E-state index is -0.663. The van der Waals surface area contributed by atoms with Crippen LogP contribution in [0.25, 0.3) is 0 Å². The molecule has 2 fully saturated rings. The van der Waals surface area contributed by atoms with Crippen LogP contribution in [0.5, 0.6) is 0 Å². The van der Waals surface area contributed by atoms with Crippen LogP contribution >= 0.6 is 0 Å². The fraction of sp³-hybridized carbons (Fsp3) is 0.600. The van der Waals surface area contributed by atoms with E-state index in [0.29, 0.717) is 12.2 Å². The number of halogens is 1. The van der Waals surface area contributed by atoms with Crippen LogP contribution < -0.4 is 5.32 Å². The van der Waals surface area contributed by atoms with Gasteiger partial charge in [-0.15, -0.1) is 0 Å². The number of benzene rings is 1. The number of ether oxygens (including phenoxy) is 1. The Morgan fingerprint density at radius 3 is 2.74 bits per heavy atom. The first-order valence-electron chi connectivity index (χ1n) is 6.81. The quantitative estimate of drug-likeness (QED) is 0.876. The zero-order valence-electron chi connectivity index (χ0n) is 11.2. The van der Waals surface area contributed by atoms with E-state index in [1.165, 1.54) is 12.1 Å². The molecule has 3 nitrogen and oxygen atoms in total. The molecule has 1 atom stereocenters. The molecule has 1 aromatic rings. The van der Waals surface area contributed by atoms with Crippen LogP contribution in [0.2, 0.25) is 0 Å². The van der Waals surface area contributed by atoms with Crippen LogP contribution in [-0.2, 0) is 4.74 Å². The first-order valence-corrected chi connectivity index (χ1v) is 6.81. The van der Waals surface area contributed by atoms with Gasteiger partial charge in [-0.1, -0.05) is 12.1 Å². The monoisotopic (exact) mass is 265 g/mol. The van der Waals surface area contributed by atoms with Crippen molar-refractivity contribution in [2.75, 3.05) is 13.7 Å². The third-order valence-electron chi connectivity index (χ3n) is 4.72. The topological polar surface area (TPSA) is 41.5 Å². The van der Waals surface area contributed by atoms with E-state index in [4.69, 9.17) is 4.74 Å². The first kappa shape index (κ1) is 13.0. The second-order valence-corrected chi connectivity index (χ2v) is 5.95. The number of methoxy groups -OCH3 is 1. The van der Waals surface area contributed by atoms with Gasteiger partial charge in [0.05, 0.1) is 12.7 Å². The molecule has 0 radical (unpaired) electrons. The van der Waals surface area contributed by atoms with Crippen LogP contribution in [0.3, 0.4) is 0 Å². The highest BCUT2D eigenvalue weighted by Gasteiger charge is 2.57. The van der Waals surface area contributed by atoms with Gasteiger partial charge in [0.2, 0.25) is 0 Å². The molecule has 2 saturated heterocycles. The van der Waals surface area contributed by atoms with Crippen molar-refractivity contribution in [3.63, 3.8) is 0 Å². The fourth-order valence-electron chi connectivity index (χ4n) is 3.75. The van der Waals surface area contributed by atoms with E-state index >= 15 is 0 Å². The molecule has 0 saturated carbocycles. The molecule has 2 aliphatic rings. The molecule has 104 valence electrons. The third-order valence-corrected chi connectivity index (χ3v) is 4.72. The molecule has 0 aromatic heterocycles. The lowest BCUT2D eigenvalue weighted by molar-refractivity contribution is 0.0719. The van der Waals surface area contributed by atoms with Crippen LogP contribution in [0.1, 0.15) is 37.4 Å². The maximum atomic E-state index is 13.3. The molecule has 2 aliphatic heterocycles. The second-order valence-electron chi connectivity index (χ2n) is 5.95. The smallest absolute Gasteiger partial charge is 0.123 e. The van der Waals surface area contributed by atoms with Crippen molar-refractivity contribution in [2.45, 2.75) is 42.9 Å². The molecule has 19 heavy (non-hydrogen) atoms. The van der Waals surface area contributed by atoms with Gasteiger partial charge in [0.25, 0.3) is 0 Å². The summed E-state index contributed by atoms with van der Waals surface area (Å²) in [5.74, 6) is -0.299.